The van der Waals surface area contributed by atoms with Crippen molar-refractivity contribution in [2.75, 3.05) is 14.2 Å². The molecule has 2 aromatic heterocycles. The fraction of sp³-hybridized carbons (Fsp3) is 0.240. The fourth-order valence-electron chi connectivity index (χ4n) is 4.94. The van der Waals surface area contributed by atoms with E-state index >= 15 is 0 Å². The Morgan fingerprint density at radius 1 is 1.09 bits per heavy atom. The van der Waals surface area contributed by atoms with Crippen LogP contribution in [0.1, 0.15) is 46.5 Å². The Labute approximate surface area is 198 Å². The first-order chi connectivity index (χ1) is 17.0. The third kappa shape index (κ3) is 3.06. The van der Waals surface area contributed by atoms with E-state index in [1.165, 1.54) is 18.8 Å². The quantitative estimate of drug-likeness (QED) is 0.414. The summed E-state index contributed by atoms with van der Waals surface area (Å²) in [5, 5.41) is 7.56. The van der Waals surface area contributed by atoms with Crippen LogP contribution in [-0.4, -0.2) is 40.6 Å². The maximum Gasteiger partial charge on any atom is 0.263 e. The van der Waals surface area contributed by atoms with Crippen molar-refractivity contribution in [2.45, 2.75) is 25.4 Å². The second-order valence-corrected chi connectivity index (χ2v) is 8.42. The van der Waals surface area contributed by atoms with Crippen molar-refractivity contribution in [2.24, 2.45) is 0 Å². The van der Waals surface area contributed by atoms with Crippen LogP contribution >= 0.6 is 0 Å². The van der Waals surface area contributed by atoms with Crippen LogP contribution in [0.4, 0.5) is 0 Å². The third-order valence-corrected chi connectivity index (χ3v) is 6.51. The van der Waals surface area contributed by atoms with Crippen molar-refractivity contribution in [3.8, 4) is 22.8 Å². The van der Waals surface area contributed by atoms with Crippen LogP contribution in [0.15, 0.2) is 45.7 Å². The number of fused-ring (bicyclic) bond motifs is 5. The van der Waals surface area contributed by atoms with Gasteiger partial charge in [0.2, 0.25) is 11.8 Å². The number of aromatic nitrogens is 3. The van der Waals surface area contributed by atoms with Gasteiger partial charge in [0.05, 0.1) is 37.4 Å². The molecule has 0 unspecified atom stereocenters. The van der Waals surface area contributed by atoms with E-state index in [1.54, 1.807) is 24.3 Å². The van der Waals surface area contributed by atoms with Gasteiger partial charge in [0, 0.05) is 22.9 Å². The Morgan fingerprint density at radius 3 is 2.60 bits per heavy atom. The summed E-state index contributed by atoms with van der Waals surface area (Å²) < 4.78 is 17.8. The van der Waals surface area contributed by atoms with Gasteiger partial charge in [-0.1, -0.05) is 29.4 Å². The molecule has 0 bridgehead atoms. The number of carbonyl (C=O) groups is 2. The number of amides is 1. The Balaban J connectivity index is 1.59. The molecule has 10 nitrogen and oxygen atoms in total. The van der Waals surface area contributed by atoms with Gasteiger partial charge in [-0.2, -0.15) is 4.98 Å². The minimum Gasteiger partial charge on any atom is -0.493 e. The number of nitrogens with one attached hydrogen (secondary N) is 1. The number of nitrogens with zero attached hydrogens (tertiary/aromatic N) is 3. The molecule has 4 aromatic rings. The minimum atomic E-state index is -0.375. The second kappa shape index (κ2) is 7.79. The van der Waals surface area contributed by atoms with Gasteiger partial charge in [-0.3, -0.25) is 19.0 Å². The van der Waals surface area contributed by atoms with Gasteiger partial charge in [-0.25, -0.2) is 0 Å². The van der Waals surface area contributed by atoms with Gasteiger partial charge in [0.25, 0.3) is 5.56 Å². The zero-order valence-electron chi connectivity index (χ0n) is 19.0. The van der Waals surface area contributed by atoms with E-state index in [9.17, 15) is 14.4 Å². The van der Waals surface area contributed by atoms with Crippen molar-refractivity contribution in [1.82, 2.24) is 20.0 Å². The highest BCUT2D eigenvalue weighted by Crippen LogP contribution is 2.43. The molecule has 1 atom stereocenters. The van der Waals surface area contributed by atoms with E-state index in [1.807, 2.05) is 12.1 Å². The van der Waals surface area contributed by atoms with Crippen LogP contribution in [0.25, 0.3) is 22.0 Å². The predicted octanol–water partition coefficient (Wildman–Crippen LogP) is 2.61. The molecule has 1 aliphatic carbocycles. The lowest BCUT2D eigenvalue weighted by Gasteiger charge is -2.16. The minimum absolute atomic E-state index is 0.0384. The largest absolute Gasteiger partial charge is 0.493 e. The molecule has 1 amide bonds. The molecule has 3 heterocycles. The maximum absolute atomic E-state index is 13.9. The number of carbonyl (C=O) groups excluding carboxylic acids is 2. The molecular weight excluding hydrogens is 452 g/mol. The summed E-state index contributed by atoms with van der Waals surface area (Å²) in [5.74, 6) is 0.914. The number of pyridine rings is 1. The highest BCUT2D eigenvalue weighted by Gasteiger charge is 2.34. The molecule has 35 heavy (non-hydrogen) atoms. The summed E-state index contributed by atoms with van der Waals surface area (Å²) in [7, 11) is 2.94. The highest BCUT2D eigenvalue weighted by atomic mass is 16.5. The first kappa shape index (κ1) is 21.1. The Kier molecular flexibility index (Phi) is 4.70. The Hall–Kier alpha value is -4.47. The average Bonchev–Trinajstić information content (AvgIpc) is 3.59. The van der Waals surface area contributed by atoms with E-state index in [0.717, 1.165) is 0 Å². The summed E-state index contributed by atoms with van der Waals surface area (Å²) in [5.41, 5.74) is 1.71. The van der Waals surface area contributed by atoms with Gasteiger partial charge in [0.1, 0.15) is 6.04 Å². The predicted molar refractivity (Wildman–Crippen MR) is 124 cm³/mol. The molecule has 2 aliphatic rings. The standard InChI is InChI=1S/C25H20N4O6/c1-33-16-9-7-14-19-21(12-5-3-4-6-13(12)22(19)31)29(25(32)20(14)23(16)34-2)11-17-27-24(35-28-17)15-8-10-18(30)26-15/h3-7,9,15H,8,10-11H2,1-2H3,(H,26,30)/t15-/m0/s1. The molecule has 0 saturated carbocycles. The number of ketones is 1. The SMILES string of the molecule is COc1ccc2c3c(n(Cc4noc([C@@H]5CCC(=O)N5)n4)c(=O)c2c1OC)-c1ccccc1C3=O. The maximum atomic E-state index is 13.9. The van der Waals surface area contributed by atoms with Crippen molar-refractivity contribution in [1.29, 1.82) is 0 Å². The van der Waals surface area contributed by atoms with Crippen molar-refractivity contribution in [3.05, 3.63) is 69.6 Å². The van der Waals surface area contributed by atoms with Gasteiger partial charge in [-0.15, -0.1) is 0 Å². The van der Waals surface area contributed by atoms with E-state index < -0.39 is 0 Å². The van der Waals surface area contributed by atoms with Crippen LogP contribution in [0.3, 0.4) is 0 Å². The topological polar surface area (TPSA) is 126 Å². The van der Waals surface area contributed by atoms with Crippen LogP contribution in [0.2, 0.25) is 0 Å². The zero-order valence-corrected chi connectivity index (χ0v) is 19.0. The number of benzene rings is 2. The molecule has 1 fully saturated rings. The number of methoxy groups -OCH3 is 2. The lowest BCUT2D eigenvalue weighted by atomic mass is 10.0. The first-order valence-electron chi connectivity index (χ1n) is 11.1. The first-order valence-corrected chi connectivity index (χ1v) is 11.1. The zero-order chi connectivity index (χ0) is 24.3. The molecule has 0 spiro atoms. The molecule has 1 saturated heterocycles. The average molecular weight is 472 g/mol. The van der Waals surface area contributed by atoms with Crippen LogP contribution in [-0.2, 0) is 11.3 Å². The molecule has 176 valence electrons. The normalized spacial score (nSPS) is 16.3. The summed E-state index contributed by atoms with van der Waals surface area (Å²) >= 11 is 0. The van der Waals surface area contributed by atoms with Gasteiger partial charge in [-0.05, 0) is 18.6 Å². The van der Waals surface area contributed by atoms with E-state index in [4.69, 9.17) is 14.0 Å². The van der Waals surface area contributed by atoms with E-state index in [-0.39, 0.29) is 52.7 Å². The smallest absolute Gasteiger partial charge is 0.263 e. The molecule has 1 N–H and O–H groups in total. The fourth-order valence-corrected chi connectivity index (χ4v) is 4.94. The van der Waals surface area contributed by atoms with Gasteiger partial charge in [0.15, 0.2) is 23.1 Å². The number of rotatable bonds is 5. The summed E-state index contributed by atoms with van der Waals surface area (Å²) in [6.45, 7) is -0.0384. The number of ether oxygens (including phenoxy) is 2. The van der Waals surface area contributed by atoms with Crippen molar-refractivity contribution < 1.29 is 23.6 Å². The number of hydrogen-bond donors (Lipinski definition) is 1. The van der Waals surface area contributed by atoms with Gasteiger partial charge < -0.3 is 19.3 Å². The molecule has 1 aliphatic heterocycles. The molecule has 10 heteroatoms. The van der Waals surface area contributed by atoms with Crippen LogP contribution < -0.4 is 20.3 Å². The van der Waals surface area contributed by atoms with Gasteiger partial charge >= 0.3 is 0 Å². The molecule has 2 aromatic carbocycles. The van der Waals surface area contributed by atoms with Crippen molar-refractivity contribution >= 4 is 22.5 Å². The molecule has 6 rings (SSSR count). The van der Waals surface area contributed by atoms with Crippen LogP contribution in [0, 0.1) is 0 Å². The lowest BCUT2D eigenvalue weighted by molar-refractivity contribution is -0.119. The van der Waals surface area contributed by atoms with Crippen LogP contribution in [0.5, 0.6) is 11.5 Å². The highest BCUT2D eigenvalue weighted by molar-refractivity contribution is 6.27. The third-order valence-electron chi connectivity index (χ3n) is 6.51. The second-order valence-electron chi connectivity index (χ2n) is 8.42. The Morgan fingerprint density at radius 2 is 1.89 bits per heavy atom. The van der Waals surface area contributed by atoms with E-state index in [2.05, 4.69) is 15.5 Å². The lowest BCUT2D eigenvalue weighted by Crippen LogP contribution is -2.25. The molecule has 0 radical (unpaired) electrons. The summed E-state index contributed by atoms with van der Waals surface area (Å²) in [6, 6.07) is 10.2. The van der Waals surface area contributed by atoms with E-state index in [0.29, 0.717) is 46.4 Å². The summed E-state index contributed by atoms with van der Waals surface area (Å²) in [6.07, 6.45) is 0.950. The summed E-state index contributed by atoms with van der Waals surface area (Å²) in [4.78, 5) is 43.4. The number of hydrogen-bond acceptors (Lipinski definition) is 8. The monoisotopic (exact) mass is 472 g/mol. The Bertz CT molecular complexity index is 1600. The molecular formula is C25H20N4O6. The van der Waals surface area contributed by atoms with Crippen molar-refractivity contribution in [3.63, 3.8) is 0 Å².